The first-order valence-corrected chi connectivity index (χ1v) is 6.99. The number of fused-ring (bicyclic) bond motifs is 1. The number of ether oxygens (including phenoxy) is 1. The third-order valence-electron chi connectivity index (χ3n) is 3.33. The molecule has 0 radical (unpaired) electrons. The van der Waals surface area contributed by atoms with Gasteiger partial charge in [-0.25, -0.2) is 9.37 Å². The smallest absolute Gasteiger partial charge is 0.307 e. The van der Waals surface area contributed by atoms with Crippen molar-refractivity contribution in [2.45, 2.75) is 26.2 Å². The fourth-order valence-electron chi connectivity index (χ4n) is 2.32. The first-order valence-electron chi connectivity index (χ1n) is 6.99. The van der Waals surface area contributed by atoms with Crippen LogP contribution in [0, 0.1) is 5.82 Å². The summed E-state index contributed by atoms with van der Waals surface area (Å²) in [5.74, 6) is -0.766. The van der Waals surface area contributed by atoms with Gasteiger partial charge in [-0.2, -0.15) is 0 Å². The van der Waals surface area contributed by atoms with Crippen molar-refractivity contribution in [2.75, 3.05) is 7.11 Å². The van der Waals surface area contributed by atoms with Gasteiger partial charge in [0.15, 0.2) is 0 Å². The molecule has 0 spiro atoms. The number of pyridine rings is 1. The number of hydrogen-bond acceptors (Lipinski definition) is 3. The van der Waals surface area contributed by atoms with Crippen LogP contribution in [0.4, 0.5) is 4.39 Å². The molecule has 116 valence electrons. The number of carboxylic acid groups (broad SMARTS) is 1. The van der Waals surface area contributed by atoms with Crippen LogP contribution in [0.5, 0.6) is 5.75 Å². The van der Waals surface area contributed by atoms with Crippen molar-refractivity contribution in [2.24, 2.45) is 0 Å². The Labute approximate surface area is 128 Å². The summed E-state index contributed by atoms with van der Waals surface area (Å²) >= 11 is 0. The minimum atomic E-state index is -0.911. The number of carboxylic acids is 1. The molecule has 0 saturated carbocycles. The van der Waals surface area contributed by atoms with Gasteiger partial charge in [-0.3, -0.25) is 4.79 Å². The highest BCUT2D eigenvalue weighted by Crippen LogP contribution is 2.34. The fourth-order valence-corrected chi connectivity index (χ4v) is 2.32. The summed E-state index contributed by atoms with van der Waals surface area (Å²) in [5, 5.41) is 9.04. The lowest BCUT2D eigenvalue weighted by Gasteiger charge is -2.14. The molecule has 0 amide bonds. The Morgan fingerprint density at radius 3 is 2.77 bits per heavy atom. The molecule has 1 N–H and O–H groups in total. The Hall–Kier alpha value is -2.43. The Balaban J connectivity index is 2.52. The molecule has 2 rings (SSSR count). The zero-order chi connectivity index (χ0) is 16.3. The molecule has 0 aliphatic carbocycles. The molecule has 0 aliphatic rings. The topological polar surface area (TPSA) is 59.4 Å². The molecular weight excluding hydrogens is 285 g/mol. The Morgan fingerprint density at radius 1 is 1.45 bits per heavy atom. The van der Waals surface area contributed by atoms with Gasteiger partial charge in [0.05, 0.1) is 24.7 Å². The lowest BCUT2D eigenvalue weighted by molar-refractivity contribution is -0.135. The van der Waals surface area contributed by atoms with Crippen molar-refractivity contribution < 1.29 is 19.0 Å². The molecule has 0 fully saturated rings. The van der Waals surface area contributed by atoms with Crippen molar-refractivity contribution in [3.63, 3.8) is 0 Å². The van der Waals surface area contributed by atoms with E-state index in [1.807, 2.05) is 13.8 Å². The van der Waals surface area contributed by atoms with Gasteiger partial charge in [0.1, 0.15) is 11.6 Å². The number of aromatic nitrogens is 1. The van der Waals surface area contributed by atoms with Gasteiger partial charge < -0.3 is 9.84 Å². The van der Waals surface area contributed by atoms with Crippen molar-refractivity contribution in [3.8, 4) is 5.75 Å². The second kappa shape index (κ2) is 6.56. The van der Waals surface area contributed by atoms with E-state index in [2.05, 4.69) is 4.98 Å². The molecule has 0 aliphatic heterocycles. The van der Waals surface area contributed by atoms with E-state index >= 15 is 0 Å². The van der Waals surface area contributed by atoms with E-state index < -0.39 is 5.97 Å². The maximum absolute atomic E-state index is 14.6. The van der Waals surface area contributed by atoms with E-state index in [-0.39, 0.29) is 18.2 Å². The highest BCUT2D eigenvalue weighted by Gasteiger charge is 2.17. The zero-order valence-corrected chi connectivity index (χ0v) is 12.8. The quantitative estimate of drug-likeness (QED) is 0.907. The minimum Gasteiger partial charge on any atom is -0.496 e. The number of rotatable bonds is 5. The van der Waals surface area contributed by atoms with Crippen molar-refractivity contribution >= 4 is 22.9 Å². The van der Waals surface area contributed by atoms with Gasteiger partial charge in [0.2, 0.25) is 0 Å². The summed E-state index contributed by atoms with van der Waals surface area (Å²) in [4.78, 5) is 14.8. The van der Waals surface area contributed by atoms with Gasteiger partial charge in [-0.15, -0.1) is 0 Å². The summed E-state index contributed by atoms with van der Waals surface area (Å²) in [7, 11) is 1.50. The van der Waals surface area contributed by atoms with Crippen LogP contribution < -0.4 is 4.74 Å². The highest BCUT2D eigenvalue weighted by molar-refractivity contribution is 5.83. The van der Waals surface area contributed by atoms with Crippen LogP contribution in [0.1, 0.15) is 37.4 Å². The summed E-state index contributed by atoms with van der Waals surface area (Å²) in [6.45, 7) is 3.81. The van der Waals surface area contributed by atoms with E-state index in [1.54, 1.807) is 24.3 Å². The van der Waals surface area contributed by atoms with Crippen LogP contribution >= 0.6 is 0 Å². The number of methoxy groups -OCH3 is 1. The Morgan fingerprint density at radius 2 is 2.18 bits per heavy atom. The number of hydrogen-bond donors (Lipinski definition) is 1. The molecule has 1 aromatic heterocycles. The third-order valence-corrected chi connectivity index (χ3v) is 3.33. The molecule has 5 heteroatoms. The summed E-state index contributed by atoms with van der Waals surface area (Å²) in [5.41, 5.74) is 1.59. The highest BCUT2D eigenvalue weighted by atomic mass is 19.1. The van der Waals surface area contributed by atoms with Crippen LogP contribution in [0.15, 0.2) is 24.3 Å². The number of benzene rings is 1. The van der Waals surface area contributed by atoms with Crippen LogP contribution in [0.2, 0.25) is 0 Å². The summed E-state index contributed by atoms with van der Waals surface area (Å²) < 4.78 is 19.9. The van der Waals surface area contributed by atoms with Gasteiger partial charge in [0.25, 0.3) is 0 Å². The van der Waals surface area contributed by atoms with E-state index in [0.717, 1.165) is 0 Å². The van der Waals surface area contributed by atoms with Gasteiger partial charge in [-0.1, -0.05) is 19.9 Å². The molecule has 1 aromatic carbocycles. The predicted molar refractivity (Wildman–Crippen MR) is 83.6 cm³/mol. The zero-order valence-electron chi connectivity index (χ0n) is 12.8. The molecule has 0 atom stereocenters. The molecule has 22 heavy (non-hydrogen) atoms. The minimum absolute atomic E-state index is 0.00510. The fraction of sp³-hybridized carbons (Fsp3) is 0.294. The maximum Gasteiger partial charge on any atom is 0.307 e. The maximum atomic E-state index is 14.6. The first kappa shape index (κ1) is 15.9. The molecular formula is C17H18FNO3. The van der Waals surface area contributed by atoms with E-state index in [4.69, 9.17) is 9.84 Å². The number of nitrogens with zero attached hydrogens (tertiary/aromatic N) is 1. The second-order valence-electron chi connectivity index (χ2n) is 5.26. The molecule has 0 bridgehead atoms. The molecule has 2 aromatic rings. The summed E-state index contributed by atoms with van der Waals surface area (Å²) in [6, 6.07) is 5.03. The van der Waals surface area contributed by atoms with Crippen molar-refractivity contribution in [3.05, 3.63) is 41.3 Å². The van der Waals surface area contributed by atoms with Crippen LogP contribution in [0.3, 0.4) is 0 Å². The predicted octanol–water partition coefficient (Wildman–Crippen LogP) is 3.99. The number of halogens is 1. The molecule has 0 saturated heterocycles. The number of aliphatic carboxylic acids is 1. The Bertz CT molecular complexity index is 738. The molecule has 0 unspecified atom stereocenters. The normalized spacial score (nSPS) is 11.5. The van der Waals surface area contributed by atoms with Crippen LogP contribution in [-0.2, 0) is 4.79 Å². The van der Waals surface area contributed by atoms with Gasteiger partial charge >= 0.3 is 5.97 Å². The second-order valence-corrected chi connectivity index (χ2v) is 5.26. The first-order chi connectivity index (χ1) is 10.4. The number of carbonyl (C=O) groups is 1. The molecule has 4 nitrogen and oxygen atoms in total. The van der Waals surface area contributed by atoms with E-state index in [9.17, 15) is 9.18 Å². The average molecular weight is 303 g/mol. The van der Waals surface area contributed by atoms with Crippen molar-refractivity contribution in [1.82, 2.24) is 4.98 Å². The summed E-state index contributed by atoms with van der Waals surface area (Å²) in [6.07, 6.45) is 3.03. The SMILES string of the molecule is COc1cc2nc(/C=C\CC(=O)O)ccc2c(F)c1C(C)C. The largest absolute Gasteiger partial charge is 0.496 e. The van der Waals surface area contributed by atoms with Gasteiger partial charge in [-0.05, 0) is 24.1 Å². The average Bonchev–Trinajstić information content (AvgIpc) is 2.45. The van der Waals surface area contributed by atoms with Crippen molar-refractivity contribution in [1.29, 1.82) is 0 Å². The molecule has 1 heterocycles. The van der Waals surface area contributed by atoms with E-state index in [1.165, 1.54) is 13.2 Å². The standard InChI is InChI=1S/C17H18FNO3/c1-10(2)16-14(22-3)9-13-12(17(16)18)8-7-11(19-13)5-4-6-15(20)21/h4-5,7-10H,6H2,1-3H3,(H,20,21)/b5-4-. The van der Waals surface area contributed by atoms with Crippen LogP contribution in [0.25, 0.3) is 17.0 Å². The van der Waals surface area contributed by atoms with Gasteiger partial charge in [0, 0.05) is 17.0 Å². The van der Waals surface area contributed by atoms with E-state index in [0.29, 0.717) is 27.9 Å². The third kappa shape index (κ3) is 3.24. The lowest BCUT2D eigenvalue weighted by Crippen LogP contribution is -2.00. The lowest BCUT2D eigenvalue weighted by atomic mass is 9.98. The van der Waals surface area contributed by atoms with Crippen LogP contribution in [-0.4, -0.2) is 23.2 Å². The monoisotopic (exact) mass is 303 g/mol. The Kier molecular flexibility index (Phi) is 4.75.